The summed E-state index contributed by atoms with van der Waals surface area (Å²) in [6, 6.07) is 11.7. The lowest BCUT2D eigenvalue weighted by Crippen LogP contribution is -2.22. The van der Waals surface area contributed by atoms with Crippen molar-refractivity contribution in [2.75, 3.05) is 11.9 Å². The Balaban J connectivity index is 1.87. The highest BCUT2D eigenvalue weighted by atomic mass is 79.9. The van der Waals surface area contributed by atoms with Gasteiger partial charge in [0.15, 0.2) is 0 Å². The second-order valence-corrected chi connectivity index (χ2v) is 6.28. The second kappa shape index (κ2) is 5.97. The normalized spacial score (nSPS) is 13.0. The summed E-state index contributed by atoms with van der Waals surface area (Å²) >= 11 is 3.43. The number of nitrogens with one attached hydrogen (secondary N) is 1. The molecule has 3 rings (SSSR count). The molecular formula is C18H16BrNO2. The fourth-order valence-corrected chi connectivity index (χ4v) is 2.86. The number of ether oxygens (including phenoxy) is 1. The Kier molecular flexibility index (Phi) is 4.03. The van der Waals surface area contributed by atoms with Gasteiger partial charge in [-0.1, -0.05) is 34.1 Å². The van der Waals surface area contributed by atoms with Crippen molar-refractivity contribution in [3.63, 3.8) is 0 Å². The van der Waals surface area contributed by atoms with E-state index in [1.807, 2.05) is 56.3 Å². The van der Waals surface area contributed by atoms with Gasteiger partial charge in [0.05, 0.1) is 5.57 Å². The van der Waals surface area contributed by atoms with Crippen molar-refractivity contribution in [1.82, 2.24) is 0 Å². The first-order valence-electron chi connectivity index (χ1n) is 7.05. The van der Waals surface area contributed by atoms with Gasteiger partial charge < -0.3 is 10.1 Å². The Hall–Kier alpha value is -2.07. The number of benzene rings is 2. The number of para-hydroxylation sites is 1. The summed E-state index contributed by atoms with van der Waals surface area (Å²) < 4.78 is 6.62. The number of fused-ring (bicyclic) bond motifs is 1. The minimum Gasteiger partial charge on any atom is -0.488 e. The minimum absolute atomic E-state index is 0.122. The fourth-order valence-electron chi connectivity index (χ4n) is 2.48. The van der Waals surface area contributed by atoms with Gasteiger partial charge in [-0.05, 0) is 49.2 Å². The molecule has 1 N–H and O–H groups in total. The van der Waals surface area contributed by atoms with Crippen LogP contribution in [0.4, 0.5) is 5.69 Å². The molecule has 0 aliphatic carbocycles. The molecule has 1 aliphatic heterocycles. The molecule has 0 saturated heterocycles. The van der Waals surface area contributed by atoms with E-state index in [-0.39, 0.29) is 12.5 Å². The van der Waals surface area contributed by atoms with E-state index in [1.54, 1.807) is 0 Å². The molecule has 2 aromatic rings. The van der Waals surface area contributed by atoms with Crippen LogP contribution in [0.1, 0.15) is 16.7 Å². The number of carbonyl (C=O) groups excluding carboxylic acids is 1. The SMILES string of the molecule is Cc1cccc(C)c1NC(=O)C1=Cc2cc(Br)ccc2OC1. The summed E-state index contributed by atoms with van der Waals surface area (Å²) in [6.07, 6.45) is 1.88. The average Bonchev–Trinajstić information content (AvgIpc) is 2.50. The van der Waals surface area contributed by atoms with E-state index in [0.29, 0.717) is 5.57 Å². The quantitative estimate of drug-likeness (QED) is 0.860. The van der Waals surface area contributed by atoms with Crippen LogP contribution in [-0.4, -0.2) is 12.5 Å². The van der Waals surface area contributed by atoms with E-state index >= 15 is 0 Å². The van der Waals surface area contributed by atoms with Crippen molar-refractivity contribution in [2.24, 2.45) is 0 Å². The Labute approximate surface area is 138 Å². The van der Waals surface area contributed by atoms with Crippen LogP contribution in [0.2, 0.25) is 0 Å². The van der Waals surface area contributed by atoms with Crippen LogP contribution in [0, 0.1) is 13.8 Å². The molecule has 0 spiro atoms. The second-order valence-electron chi connectivity index (χ2n) is 5.36. The number of halogens is 1. The van der Waals surface area contributed by atoms with Crippen molar-refractivity contribution in [3.05, 3.63) is 63.1 Å². The van der Waals surface area contributed by atoms with Crippen LogP contribution in [0.15, 0.2) is 46.4 Å². The molecule has 1 amide bonds. The highest BCUT2D eigenvalue weighted by Gasteiger charge is 2.18. The van der Waals surface area contributed by atoms with Gasteiger partial charge >= 0.3 is 0 Å². The van der Waals surface area contributed by atoms with E-state index in [4.69, 9.17) is 4.74 Å². The van der Waals surface area contributed by atoms with Crippen LogP contribution in [0.25, 0.3) is 6.08 Å². The van der Waals surface area contributed by atoms with Crippen molar-refractivity contribution < 1.29 is 9.53 Å². The predicted octanol–water partition coefficient (Wildman–Crippen LogP) is 4.48. The molecule has 2 aromatic carbocycles. The predicted molar refractivity (Wildman–Crippen MR) is 92.2 cm³/mol. The fraction of sp³-hybridized carbons (Fsp3) is 0.167. The van der Waals surface area contributed by atoms with Crippen LogP contribution in [0.5, 0.6) is 5.75 Å². The van der Waals surface area contributed by atoms with E-state index in [0.717, 1.165) is 32.6 Å². The molecule has 0 fully saturated rings. The molecule has 4 heteroatoms. The summed E-state index contributed by atoms with van der Waals surface area (Å²) in [5.74, 6) is 0.676. The van der Waals surface area contributed by atoms with Crippen molar-refractivity contribution in [1.29, 1.82) is 0 Å². The zero-order chi connectivity index (χ0) is 15.7. The summed E-state index contributed by atoms with van der Waals surface area (Å²) in [4.78, 5) is 12.5. The lowest BCUT2D eigenvalue weighted by Gasteiger charge is -2.19. The molecule has 0 unspecified atom stereocenters. The van der Waals surface area contributed by atoms with Gasteiger partial charge in [-0.3, -0.25) is 4.79 Å². The first-order chi connectivity index (χ1) is 10.5. The Morgan fingerprint density at radius 2 is 1.91 bits per heavy atom. The van der Waals surface area contributed by atoms with E-state index < -0.39 is 0 Å². The number of anilines is 1. The molecule has 0 radical (unpaired) electrons. The molecule has 0 atom stereocenters. The summed E-state index contributed by atoms with van der Waals surface area (Å²) in [5, 5.41) is 2.99. The van der Waals surface area contributed by atoms with E-state index in [9.17, 15) is 4.79 Å². The first kappa shape index (κ1) is 14.9. The summed E-state index contributed by atoms with van der Waals surface area (Å²) in [6.45, 7) is 4.26. The molecule has 3 nitrogen and oxygen atoms in total. The van der Waals surface area contributed by atoms with Gasteiger partial charge in [0.1, 0.15) is 12.4 Å². The van der Waals surface area contributed by atoms with Gasteiger partial charge in [0.2, 0.25) is 0 Å². The van der Waals surface area contributed by atoms with Crippen LogP contribution in [0.3, 0.4) is 0 Å². The molecule has 22 heavy (non-hydrogen) atoms. The maximum Gasteiger partial charge on any atom is 0.255 e. The number of amides is 1. The number of hydrogen-bond donors (Lipinski definition) is 1. The Bertz CT molecular complexity index is 760. The number of hydrogen-bond acceptors (Lipinski definition) is 2. The smallest absolute Gasteiger partial charge is 0.255 e. The molecule has 0 aromatic heterocycles. The number of carbonyl (C=O) groups is 1. The van der Waals surface area contributed by atoms with Crippen LogP contribution < -0.4 is 10.1 Å². The van der Waals surface area contributed by atoms with Gasteiger partial charge in [-0.25, -0.2) is 0 Å². The maximum absolute atomic E-state index is 12.5. The third kappa shape index (κ3) is 2.92. The topological polar surface area (TPSA) is 38.3 Å². The van der Waals surface area contributed by atoms with Gasteiger partial charge in [0, 0.05) is 15.7 Å². The Morgan fingerprint density at radius 3 is 2.64 bits per heavy atom. The third-order valence-corrected chi connectivity index (χ3v) is 4.19. The first-order valence-corrected chi connectivity index (χ1v) is 7.84. The number of aryl methyl sites for hydroxylation is 2. The van der Waals surface area contributed by atoms with Gasteiger partial charge in [-0.2, -0.15) is 0 Å². The van der Waals surface area contributed by atoms with Crippen molar-refractivity contribution >= 4 is 33.6 Å². The van der Waals surface area contributed by atoms with Crippen molar-refractivity contribution in [3.8, 4) is 5.75 Å². The summed E-state index contributed by atoms with van der Waals surface area (Å²) in [7, 11) is 0. The monoisotopic (exact) mass is 357 g/mol. The molecular weight excluding hydrogens is 342 g/mol. The maximum atomic E-state index is 12.5. The molecule has 1 heterocycles. The highest BCUT2D eigenvalue weighted by Crippen LogP contribution is 2.30. The zero-order valence-electron chi connectivity index (χ0n) is 12.4. The molecule has 0 saturated carbocycles. The zero-order valence-corrected chi connectivity index (χ0v) is 14.0. The van der Waals surface area contributed by atoms with E-state index in [2.05, 4.69) is 21.2 Å². The average molecular weight is 358 g/mol. The summed E-state index contributed by atoms with van der Waals surface area (Å²) in [5.41, 5.74) is 4.50. The lowest BCUT2D eigenvalue weighted by atomic mass is 10.1. The van der Waals surface area contributed by atoms with Crippen LogP contribution in [-0.2, 0) is 4.79 Å². The minimum atomic E-state index is -0.122. The molecule has 1 aliphatic rings. The van der Waals surface area contributed by atoms with Gasteiger partial charge in [0.25, 0.3) is 5.91 Å². The lowest BCUT2D eigenvalue weighted by molar-refractivity contribution is -0.113. The van der Waals surface area contributed by atoms with Crippen molar-refractivity contribution in [2.45, 2.75) is 13.8 Å². The number of rotatable bonds is 2. The Morgan fingerprint density at radius 1 is 1.18 bits per heavy atom. The standard InChI is InChI=1S/C18H16BrNO2/c1-11-4-3-5-12(2)17(11)20-18(21)14-8-13-9-15(19)6-7-16(13)22-10-14/h3-9H,10H2,1-2H3,(H,20,21). The third-order valence-electron chi connectivity index (χ3n) is 3.70. The van der Waals surface area contributed by atoms with Gasteiger partial charge in [-0.15, -0.1) is 0 Å². The molecule has 112 valence electrons. The molecule has 0 bridgehead atoms. The van der Waals surface area contributed by atoms with Crippen LogP contribution >= 0.6 is 15.9 Å². The largest absolute Gasteiger partial charge is 0.488 e. The highest BCUT2D eigenvalue weighted by molar-refractivity contribution is 9.10. The van der Waals surface area contributed by atoms with E-state index in [1.165, 1.54) is 0 Å².